The molecular formula is C18H27NO2. The SMILES string of the molecule is Cc1cccc(C(C)C)c1NC(=O)CCC1CCOCC1. The van der Waals surface area contributed by atoms with Crippen molar-refractivity contribution in [1.29, 1.82) is 0 Å². The Morgan fingerprint density at radius 3 is 2.71 bits per heavy atom. The molecule has 0 aliphatic carbocycles. The van der Waals surface area contributed by atoms with Crippen LogP contribution in [0.25, 0.3) is 0 Å². The number of nitrogens with one attached hydrogen (secondary N) is 1. The Hall–Kier alpha value is -1.35. The second kappa shape index (κ2) is 7.60. The number of carbonyl (C=O) groups excluding carboxylic acids is 1. The first-order valence-electron chi connectivity index (χ1n) is 8.05. The number of rotatable bonds is 5. The molecule has 1 saturated heterocycles. The zero-order valence-electron chi connectivity index (χ0n) is 13.4. The molecule has 0 bridgehead atoms. The third-order valence-corrected chi connectivity index (χ3v) is 4.31. The highest BCUT2D eigenvalue weighted by atomic mass is 16.5. The van der Waals surface area contributed by atoms with Crippen molar-refractivity contribution in [3.8, 4) is 0 Å². The molecule has 0 atom stereocenters. The van der Waals surface area contributed by atoms with Gasteiger partial charge in [-0.2, -0.15) is 0 Å². The molecule has 0 spiro atoms. The van der Waals surface area contributed by atoms with Crippen molar-refractivity contribution in [2.75, 3.05) is 18.5 Å². The molecule has 0 unspecified atom stereocenters. The highest BCUT2D eigenvalue weighted by molar-refractivity contribution is 5.92. The molecule has 3 heteroatoms. The molecule has 1 aromatic rings. The van der Waals surface area contributed by atoms with Gasteiger partial charge >= 0.3 is 0 Å². The summed E-state index contributed by atoms with van der Waals surface area (Å²) >= 11 is 0. The third kappa shape index (κ3) is 4.57. The average molecular weight is 289 g/mol. The third-order valence-electron chi connectivity index (χ3n) is 4.31. The topological polar surface area (TPSA) is 38.3 Å². The monoisotopic (exact) mass is 289 g/mol. The molecule has 0 saturated carbocycles. The summed E-state index contributed by atoms with van der Waals surface area (Å²) in [6, 6.07) is 6.22. The van der Waals surface area contributed by atoms with Crippen molar-refractivity contribution in [1.82, 2.24) is 0 Å². The van der Waals surface area contributed by atoms with E-state index in [0.29, 0.717) is 18.3 Å². The van der Waals surface area contributed by atoms with E-state index >= 15 is 0 Å². The first-order valence-corrected chi connectivity index (χ1v) is 8.05. The quantitative estimate of drug-likeness (QED) is 0.879. The van der Waals surface area contributed by atoms with Gasteiger partial charge in [0, 0.05) is 25.3 Å². The van der Waals surface area contributed by atoms with Crippen LogP contribution in [0, 0.1) is 12.8 Å². The summed E-state index contributed by atoms with van der Waals surface area (Å²) in [6.45, 7) is 8.07. The molecule has 2 rings (SSSR count). The van der Waals surface area contributed by atoms with Crippen LogP contribution >= 0.6 is 0 Å². The van der Waals surface area contributed by atoms with Gasteiger partial charge in [0.2, 0.25) is 5.91 Å². The van der Waals surface area contributed by atoms with Crippen LogP contribution in [-0.4, -0.2) is 19.1 Å². The number of aryl methyl sites for hydroxylation is 1. The van der Waals surface area contributed by atoms with Crippen LogP contribution in [0.15, 0.2) is 18.2 Å². The van der Waals surface area contributed by atoms with Crippen molar-refractivity contribution < 1.29 is 9.53 Å². The Balaban J connectivity index is 1.93. The largest absolute Gasteiger partial charge is 0.381 e. The van der Waals surface area contributed by atoms with Gasteiger partial charge in [0.15, 0.2) is 0 Å². The fraction of sp³-hybridized carbons (Fsp3) is 0.611. The maximum absolute atomic E-state index is 12.2. The lowest BCUT2D eigenvalue weighted by Gasteiger charge is -2.22. The minimum absolute atomic E-state index is 0.137. The second-order valence-electron chi connectivity index (χ2n) is 6.34. The Labute approximate surface area is 128 Å². The molecular weight excluding hydrogens is 262 g/mol. The molecule has 1 heterocycles. The number of hydrogen-bond acceptors (Lipinski definition) is 2. The van der Waals surface area contributed by atoms with Gasteiger partial charge in [-0.25, -0.2) is 0 Å². The van der Waals surface area contributed by atoms with Gasteiger partial charge in [-0.05, 0) is 49.1 Å². The highest BCUT2D eigenvalue weighted by Crippen LogP contribution is 2.28. The van der Waals surface area contributed by atoms with Crippen molar-refractivity contribution >= 4 is 11.6 Å². The number of hydrogen-bond donors (Lipinski definition) is 1. The van der Waals surface area contributed by atoms with Gasteiger partial charge in [0.05, 0.1) is 0 Å². The maximum Gasteiger partial charge on any atom is 0.224 e. The number of para-hydroxylation sites is 1. The fourth-order valence-electron chi connectivity index (χ4n) is 2.91. The Kier molecular flexibility index (Phi) is 5.80. The normalized spacial score (nSPS) is 16.2. The molecule has 3 nitrogen and oxygen atoms in total. The average Bonchev–Trinajstić information content (AvgIpc) is 2.48. The van der Waals surface area contributed by atoms with E-state index in [4.69, 9.17) is 4.74 Å². The van der Waals surface area contributed by atoms with Crippen LogP contribution < -0.4 is 5.32 Å². The van der Waals surface area contributed by atoms with E-state index < -0.39 is 0 Å². The van der Waals surface area contributed by atoms with Gasteiger partial charge in [0.1, 0.15) is 0 Å². The first kappa shape index (κ1) is 16.0. The maximum atomic E-state index is 12.2. The van der Waals surface area contributed by atoms with Crippen LogP contribution in [0.5, 0.6) is 0 Å². The van der Waals surface area contributed by atoms with Crippen LogP contribution in [-0.2, 0) is 9.53 Å². The van der Waals surface area contributed by atoms with Gasteiger partial charge in [-0.1, -0.05) is 32.0 Å². The molecule has 1 fully saturated rings. The number of anilines is 1. The molecule has 1 aliphatic heterocycles. The number of carbonyl (C=O) groups is 1. The van der Waals surface area contributed by atoms with Crippen molar-refractivity contribution in [2.45, 2.75) is 52.4 Å². The predicted octanol–water partition coefficient (Wildman–Crippen LogP) is 4.26. The van der Waals surface area contributed by atoms with Crippen LogP contribution in [0.1, 0.15) is 56.6 Å². The summed E-state index contributed by atoms with van der Waals surface area (Å²) in [7, 11) is 0. The Bertz CT molecular complexity index is 476. The van der Waals surface area contributed by atoms with E-state index in [1.54, 1.807) is 0 Å². The lowest BCUT2D eigenvalue weighted by Crippen LogP contribution is -2.19. The molecule has 116 valence electrons. The van der Waals surface area contributed by atoms with E-state index in [1.165, 1.54) is 5.56 Å². The molecule has 0 radical (unpaired) electrons. The minimum Gasteiger partial charge on any atom is -0.381 e. The minimum atomic E-state index is 0.137. The van der Waals surface area contributed by atoms with Crippen LogP contribution in [0.4, 0.5) is 5.69 Å². The van der Waals surface area contributed by atoms with Crippen molar-refractivity contribution in [2.24, 2.45) is 5.92 Å². The second-order valence-corrected chi connectivity index (χ2v) is 6.34. The summed E-state index contributed by atoms with van der Waals surface area (Å²) in [6.07, 6.45) is 3.76. The zero-order chi connectivity index (χ0) is 15.2. The lowest BCUT2D eigenvalue weighted by atomic mass is 9.94. The lowest BCUT2D eigenvalue weighted by molar-refractivity contribution is -0.116. The van der Waals surface area contributed by atoms with E-state index in [-0.39, 0.29) is 5.91 Å². The Morgan fingerprint density at radius 1 is 1.33 bits per heavy atom. The Morgan fingerprint density at radius 2 is 2.05 bits per heavy atom. The summed E-state index contributed by atoms with van der Waals surface area (Å²) in [5.41, 5.74) is 3.36. The zero-order valence-corrected chi connectivity index (χ0v) is 13.4. The fourth-order valence-corrected chi connectivity index (χ4v) is 2.91. The summed E-state index contributed by atoms with van der Waals surface area (Å²) in [5.74, 6) is 1.19. The number of amides is 1. The predicted molar refractivity (Wildman–Crippen MR) is 86.7 cm³/mol. The van der Waals surface area contributed by atoms with Crippen LogP contribution in [0.2, 0.25) is 0 Å². The number of benzene rings is 1. The van der Waals surface area contributed by atoms with E-state index in [0.717, 1.165) is 43.7 Å². The molecule has 1 aliphatic rings. The van der Waals surface area contributed by atoms with Gasteiger partial charge in [-0.15, -0.1) is 0 Å². The summed E-state index contributed by atoms with van der Waals surface area (Å²) < 4.78 is 5.36. The van der Waals surface area contributed by atoms with E-state index in [2.05, 4.69) is 44.3 Å². The molecule has 1 aromatic carbocycles. The number of ether oxygens (including phenoxy) is 1. The van der Waals surface area contributed by atoms with E-state index in [9.17, 15) is 4.79 Å². The standard InChI is InChI=1S/C18H27NO2/c1-13(2)16-6-4-5-14(3)18(16)19-17(20)8-7-15-9-11-21-12-10-15/h4-6,13,15H,7-12H2,1-3H3,(H,19,20). The summed E-state index contributed by atoms with van der Waals surface area (Å²) in [4.78, 5) is 12.2. The van der Waals surface area contributed by atoms with Crippen molar-refractivity contribution in [3.05, 3.63) is 29.3 Å². The van der Waals surface area contributed by atoms with E-state index in [1.807, 2.05) is 0 Å². The molecule has 1 amide bonds. The van der Waals surface area contributed by atoms with Crippen molar-refractivity contribution in [3.63, 3.8) is 0 Å². The van der Waals surface area contributed by atoms with Gasteiger partial charge in [0.25, 0.3) is 0 Å². The molecule has 21 heavy (non-hydrogen) atoms. The van der Waals surface area contributed by atoms with Gasteiger partial charge in [-0.3, -0.25) is 4.79 Å². The van der Waals surface area contributed by atoms with Gasteiger partial charge < -0.3 is 10.1 Å². The molecule has 0 aromatic heterocycles. The van der Waals surface area contributed by atoms with Crippen LogP contribution in [0.3, 0.4) is 0 Å². The highest BCUT2D eigenvalue weighted by Gasteiger charge is 2.16. The first-order chi connectivity index (χ1) is 10.1. The smallest absolute Gasteiger partial charge is 0.224 e. The summed E-state index contributed by atoms with van der Waals surface area (Å²) in [5, 5.41) is 3.13. The molecule has 1 N–H and O–H groups in total.